The van der Waals surface area contributed by atoms with Crippen LogP contribution in [0.4, 0.5) is 10.5 Å². The molecule has 0 bridgehead atoms. The molecule has 5 heterocycles. The molecule has 9 nitrogen and oxygen atoms in total. The lowest BCUT2D eigenvalue weighted by Crippen LogP contribution is -2.41. The lowest BCUT2D eigenvalue weighted by Gasteiger charge is -2.39. The van der Waals surface area contributed by atoms with E-state index in [1.807, 2.05) is 23.5 Å². The third kappa shape index (κ3) is 6.58. The van der Waals surface area contributed by atoms with Crippen LogP contribution in [0.2, 0.25) is 0 Å². The minimum Gasteiger partial charge on any atom is -0.347 e. The van der Waals surface area contributed by atoms with Crippen LogP contribution >= 0.6 is 11.3 Å². The van der Waals surface area contributed by atoms with Crippen LogP contribution < -0.4 is 5.32 Å². The van der Waals surface area contributed by atoms with Crippen molar-refractivity contribution >= 4 is 23.1 Å². The van der Waals surface area contributed by atoms with E-state index in [4.69, 9.17) is 0 Å². The first kappa shape index (κ1) is 25.8. The number of likely N-dealkylation sites (tertiary alicyclic amines) is 2. The van der Waals surface area contributed by atoms with E-state index in [1.165, 1.54) is 49.3 Å². The molecule has 6 rings (SSSR count). The second-order valence-corrected chi connectivity index (χ2v) is 11.9. The maximum Gasteiger partial charge on any atom is 0.322 e. The number of carbonyl (C=O) groups excluding carboxylic acids is 1. The van der Waals surface area contributed by atoms with E-state index in [2.05, 4.69) is 64.7 Å². The SMILES string of the molecule is O=C(Nc1ccc(CN2CCC3(CCN(Cc4cccs4)CC3)C2)cc1)N(Cc1ncc[nH]1)Cc1ncc[nH]1. The number of piperidine rings is 1. The van der Waals surface area contributed by atoms with Gasteiger partial charge >= 0.3 is 6.03 Å². The molecule has 2 aliphatic rings. The van der Waals surface area contributed by atoms with Crippen LogP contribution in [0.3, 0.4) is 0 Å². The van der Waals surface area contributed by atoms with Crippen molar-refractivity contribution in [2.75, 3.05) is 31.5 Å². The molecule has 1 aromatic carbocycles. The second-order valence-electron chi connectivity index (χ2n) is 10.9. The first-order valence-electron chi connectivity index (χ1n) is 13.7. The summed E-state index contributed by atoms with van der Waals surface area (Å²) in [6, 6.07) is 12.5. The smallest absolute Gasteiger partial charge is 0.322 e. The summed E-state index contributed by atoms with van der Waals surface area (Å²) in [5.74, 6) is 1.45. The summed E-state index contributed by atoms with van der Waals surface area (Å²) < 4.78 is 0. The van der Waals surface area contributed by atoms with Crippen LogP contribution in [0.1, 0.15) is 41.4 Å². The molecular weight excluding hydrogens is 508 g/mol. The number of aromatic nitrogens is 4. The molecular formula is C29H36N8OS. The summed E-state index contributed by atoms with van der Waals surface area (Å²) in [4.78, 5) is 36.2. The number of urea groups is 1. The Morgan fingerprint density at radius 3 is 2.18 bits per heavy atom. The number of carbonyl (C=O) groups is 1. The Hall–Kier alpha value is -3.47. The number of hydrogen-bond acceptors (Lipinski definition) is 6. The van der Waals surface area contributed by atoms with E-state index < -0.39 is 0 Å². The summed E-state index contributed by atoms with van der Waals surface area (Å²) in [7, 11) is 0. The number of H-pyrrole nitrogens is 2. The summed E-state index contributed by atoms with van der Waals surface area (Å²) in [5, 5.41) is 5.22. The van der Waals surface area contributed by atoms with E-state index in [0.29, 0.717) is 18.5 Å². The molecule has 0 aliphatic carbocycles. The number of nitrogens with zero attached hydrogens (tertiary/aromatic N) is 5. The molecule has 3 N–H and O–H groups in total. The van der Waals surface area contributed by atoms with Gasteiger partial charge in [0.2, 0.25) is 0 Å². The molecule has 1 spiro atoms. The zero-order valence-corrected chi connectivity index (χ0v) is 23.0. The van der Waals surface area contributed by atoms with Gasteiger partial charge in [-0.15, -0.1) is 11.3 Å². The number of thiophene rings is 1. The quantitative estimate of drug-likeness (QED) is 0.278. The number of nitrogens with one attached hydrogen (secondary N) is 3. The van der Waals surface area contributed by atoms with Crippen molar-refractivity contribution in [1.82, 2.24) is 34.6 Å². The minimum absolute atomic E-state index is 0.192. The highest BCUT2D eigenvalue weighted by atomic mass is 32.1. The first-order valence-corrected chi connectivity index (χ1v) is 14.6. The van der Waals surface area contributed by atoms with Gasteiger partial charge in [-0.25, -0.2) is 14.8 Å². The Kier molecular flexibility index (Phi) is 7.76. The molecule has 0 radical (unpaired) electrons. The van der Waals surface area contributed by atoms with Crippen LogP contribution in [0.25, 0.3) is 0 Å². The molecule has 2 fully saturated rings. The van der Waals surface area contributed by atoms with Crippen molar-refractivity contribution in [3.8, 4) is 0 Å². The minimum atomic E-state index is -0.192. The van der Waals surface area contributed by atoms with Gasteiger partial charge in [0.25, 0.3) is 0 Å². The average Bonchev–Trinajstić information content (AvgIpc) is 3.77. The monoisotopic (exact) mass is 544 g/mol. The van der Waals surface area contributed by atoms with Crippen molar-refractivity contribution in [2.24, 2.45) is 5.41 Å². The Balaban J connectivity index is 1.00. The molecule has 204 valence electrons. The molecule has 0 atom stereocenters. The van der Waals surface area contributed by atoms with Gasteiger partial charge in [0.05, 0.1) is 13.1 Å². The van der Waals surface area contributed by atoms with Crippen LogP contribution in [0.15, 0.2) is 66.6 Å². The van der Waals surface area contributed by atoms with Crippen LogP contribution in [0, 0.1) is 5.41 Å². The molecule has 39 heavy (non-hydrogen) atoms. The standard InChI is InChI=1S/C29H36N8OS/c38-28(37(20-26-30-10-11-31-26)21-27-32-12-13-33-27)34-24-5-3-23(4-6-24)18-36-16-9-29(22-36)7-14-35(15-8-29)19-25-2-1-17-39-25/h1-6,10-13,17H,7-9,14-16,18-22H2,(H,30,31)(H,32,33)(H,34,38). The van der Waals surface area contributed by atoms with E-state index in [9.17, 15) is 4.79 Å². The highest BCUT2D eigenvalue weighted by molar-refractivity contribution is 7.09. The van der Waals surface area contributed by atoms with Gasteiger partial charge in [-0.3, -0.25) is 9.80 Å². The second kappa shape index (κ2) is 11.7. The number of anilines is 1. The van der Waals surface area contributed by atoms with Crippen LogP contribution in [-0.4, -0.2) is 66.8 Å². The van der Waals surface area contributed by atoms with E-state index in [-0.39, 0.29) is 6.03 Å². The van der Waals surface area contributed by atoms with Crippen LogP contribution in [-0.2, 0) is 26.2 Å². The Bertz CT molecular complexity index is 1260. The lowest BCUT2D eigenvalue weighted by molar-refractivity contribution is 0.103. The van der Waals surface area contributed by atoms with Gasteiger partial charge in [0, 0.05) is 55.0 Å². The molecule has 2 amide bonds. The topological polar surface area (TPSA) is 96.2 Å². The maximum atomic E-state index is 13.1. The fourth-order valence-electron chi connectivity index (χ4n) is 5.86. The number of amides is 2. The van der Waals surface area contributed by atoms with Gasteiger partial charge in [-0.2, -0.15) is 0 Å². The van der Waals surface area contributed by atoms with Crippen LogP contribution in [0.5, 0.6) is 0 Å². The summed E-state index contributed by atoms with van der Waals surface area (Å²) in [6.07, 6.45) is 10.8. The summed E-state index contributed by atoms with van der Waals surface area (Å²) >= 11 is 1.87. The third-order valence-electron chi connectivity index (χ3n) is 8.08. The van der Waals surface area contributed by atoms with Gasteiger partial charge in [-0.1, -0.05) is 18.2 Å². The normalized spacial score (nSPS) is 17.5. The van der Waals surface area contributed by atoms with E-state index in [1.54, 1.807) is 29.7 Å². The predicted molar refractivity (Wildman–Crippen MR) is 153 cm³/mol. The molecule has 4 aromatic rings. The number of benzene rings is 1. The average molecular weight is 545 g/mol. The number of aromatic amines is 2. The van der Waals surface area contributed by atoms with Gasteiger partial charge < -0.3 is 20.2 Å². The van der Waals surface area contributed by atoms with E-state index >= 15 is 0 Å². The number of rotatable bonds is 9. The molecule has 3 aromatic heterocycles. The Labute approximate surface area is 233 Å². The third-order valence-corrected chi connectivity index (χ3v) is 8.94. The molecule has 0 unspecified atom stereocenters. The van der Waals surface area contributed by atoms with Gasteiger partial charge in [0.15, 0.2) is 0 Å². The summed E-state index contributed by atoms with van der Waals surface area (Å²) in [5.41, 5.74) is 2.54. The maximum absolute atomic E-state index is 13.1. The van der Waals surface area contributed by atoms with Crippen molar-refractivity contribution in [3.05, 3.63) is 88.7 Å². The zero-order valence-electron chi connectivity index (χ0n) is 22.2. The fourth-order valence-corrected chi connectivity index (χ4v) is 6.61. The molecule has 2 saturated heterocycles. The van der Waals surface area contributed by atoms with Crippen molar-refractivity contribution in [2.45, 2.75) is 45.4 Å². The van der Waals surface area contributed by atoms with Crippen molar-refractivity contribution in [1.29, 1.82) is 0 Å². The zero-order chi connectivity index (χ0) is 26.5. The first-order chi connectivity index (χ1) is 19.1. The fraction of sp³-hybridized carbons (Fsp3) is 0.414. The highest BCUT2D eigenvalue weighted by Crippen LogP contribution is 2.41. The molecule has 0 saturated carbocycles. The highest BCUT2D eigenvalue weighted by Gasteiger charge is 2.40. The Morgan fingerprint density at radius 1 is 0.923 bits per heavy atom. The van der Waals surface area contributed by atoms with Gasteiger partial charge in [-0.05, 0) is 73.5 Å². The summed E-state index contributed by atoms with van der Waals surface area (Å²) in [6.45, 7) is 7.54. The van der Waals surface area contributed by atoms with E-state index in [0.717, 1.165) is 37.0 Å². The van der Waals surface area contributed by atoms with Crippen molar-refractivity contribution in [3.63, 3.8) is 0 Å². The molecule has 2 aliphatic heterocycles. The Morgan fingerprint density at radius 2 is 1.59 bits per heavy atom. The van der Waals surface area contributed by atoms with Gasteiger partial charge in [0.1, 0.15) is 11.6 Å². The number of hydrogen-bond donors (Lipinski definition) is 3. The predicted octanol–water partition coefficient (Wildman–Crippen LogP) is 4.92. The largest absolute Gasteiger partial charge is 0.347 e. The lowest BCUT2D eigenvalue weighted by atomic mass is 9.78. The van der Waals surface area contributed by atoms with Crippen molar-refractivity contribution < 1.29 is 4.79 Å². The number of imidazole rings is 2. The molecule has 10 heteroatoms.